The lowest BCUT2D eigenvalue weighted by atomic mass is 10.0. The SMILES string of the molecule is C=CCC(=O)N(C)C(C)(C)CO. The number of likely N-dealkylation sites (N-methyl/N-ethyl adjacent to an activating group) is 1. The molecule has 3 heteroatoms. The number of carbonyl (C=O) groups is 1. The lowest BCUT2D eigenvalue weighted by molar-refractivity contribution is -0.135. The quantitative estimate of drug-likeness (QED) is 0.635. The Balaban J connectivity index is 4.26. The predicted molar refractivity (Wildman–Crippen MR) is 48.7 cm³/mol. The predicted octanol–water partition coefficient (Wildman–Crippen LogP) is 0.792. The first-order valence-electron chi connectivity index (χ1n) is 3.94. The molecule has 0 atom stereocenters. The molecule has 0 aromatic rings. The average molecular weight is 171 g/mol. The van der Waals surface area contributed by atoms with Gasteiger partial charge in [-0.2, -0.15) is 0 Å². The normalized spacial score (nSPS) is 11.0. The van der Waals surface area contributed by atoms with Gasteiger partial charge in [0.25, 0.3) is 0 Å². The summed E-state index contributed by atoms with van der Waals surface area (Å²) in [6, 6.07) is 0. The molecular weight excluding hydrogens is 154 g/mol. The Morgan fingerprint density at radius 3 is 2.50 bits per heavy atom. The first kappa shape index (κ1) is 11.2. The zero-order valence-electron chi connectivity index (χ0n) is 8.00. The van der Waals surface area contributed by atoms with Gasteiger partial charge in [-0.3, -0.25) is 4.79 Å². The molecule has 0 aromatic carbocycles. The smallest absolute Gasteiger partial charge is 0.226 e. The third-order valence-corrected chi connectivity index (χ3v) is 1.99. The summed E-state index contributed by atoms with van der Waals surface area (Å²) in [6.45, 7) is 7.07. The van der Waals surface area contributed by atoms with Crippen molar-refractivity contribution in [3.8, 4) is 0 Å². The highest BCUT2D eigenvalue weighted by Crippen LogP contribution is 2.11. The van der Waals surface area contributed by atoms with Crippen molar-refractivity contribution in [1.82, 2.24) is 4.90 Å². The van der Waals surface area contributed by atoms with Crippen molar-refractivity contribution in [1.29, 1.82) is 0 Å². The minimum atomic E-state index is -0.486. The Kier molecular flexibility index (Phi) is 3.96. The Morgan fingerprint density at radius 1 is 1.67 bits per heavy atom. The standard InChI is InChI=1S/C9H17NO2/c1-5-6-8(12)10(4)9(2,3)7-11/h5,11H,1,6-7H2,2-4H3. The van der Waals surface area contributed by atoms with Crippen LogP contribution in [0, 0.1) is 0 Å². The monoisotopic (exact) mass is 171 g/mol. The lowest BCUT2D eigenvalue weighted by Gasteiger charge is -2.33. The molecule has 0 bridgehead atoms. The van der Waals surface area contributed by atoms with E-state index in [2.05, 4.69) is 6.58 Å². The van der Waals surface area contributed by atoms with Gasteiger partial charge in [-0.05, 0) is 13.8 Å². The molecule has 0 heterocycles. The molecule has 0 aliphatic carbocycles. The van der Waals surface area contributed by atoms with Crippen molar-refractivity contribution < 1.29 is 9.90 Å². The van der Waals surface area contributed by atoms with Crippen LogP contribution in [0.15, 0.2) is 12.7 Å². The molecule has 0 aliphatic rings. The van der Waals surface area contributed by atoms with Gasteiger partial charge >= 0.3 is 0 Å². The first-order chi connectivity index (χ1) is 5.45. The number of hydrogen-bond acceptors (Lipinski definition) is 2. The lowest BCUT2D eigenvalue weighted by Crippen LogP contribution is -2.47. The van der Waals surface area contributed by atoms with E-state index in [1.807, 2.05) is 13.8 Å². The number of carbonyl (C=O) groups excluding carboxylic acids is 1. The van der Waals surface area contributed by atoms with E-state index in [4.69, 9.17) is 5.11 Å². The third-order valence-electron chi connectivity index (χ3n) is 1.99. The number of rotatable bonds is 4. The van der Waals surface area contributed by atoms with E-state index in [1.54, 1.807) is 13.1 Å². The Bertz CT molecular complexity index is 175. The third kappa shape index (κ3) is 2.66. The van der Waals surface area contributed by atoms with Gasteiger partial charge in [0, 0.05) is 13.5 Å². The summed E-state index contributed by atoms with van der Waals surface area (Å²) in [4.78, 5) is 12.8. The fourth-order valence-corrected chi connectivity index (χ4v) is 0.704. The van der Waals surface area contributed by atoms with Crippen LogP contribution >= 0.6 is 0 Å². The van der Waals surface area contributed by atoms with Crippen molar-refractivity contribution in [3.63, 3.8) is 0 Å². The molecule has 0 rings (SSSR count). The molecule has 0 saturated carbocycles. The summed E-state index contributed by atoms with van der Waals surface area (Å²) < 4.78 is 0. The van der Waals surface area contributed by atoms with Crippen LogP contribution in [0.5, 0.6) is 0 Å². The fourth-order valence-electron chi connectivity index (χ4n) is 0.704. The van der Waals surface area contributed by atoms with Crippen LogP contribution in [0.1, 0.15) is 20.3 Å². The molecule has 0 aliphatic heterocycles. The van der Waals surface area contributed by atoms with Crippen molar-refractivity contribution >= 4 is 5.91 Å². The van der Waals surface area contributed by atoms with Crippen LogP contribution in [0.4, 0.5) is 0 Å². The van der Waals surface area contributed by atoms with Crippen LogP contribution < -0.4 is 0 Å². The van der Waals surface area contributed by atoms with Crippen LogP contribution in [-0.2, 0) is 4.79 Å². The Labute approximate surface area is 73.7 Å². The van der Waals surface area contributed by atoms with E-state index in [0.717, 1.165) is 0 Å². The topological polar surface area (TPSA) is 40.5 Å². The van der Waals surface area contributed by atoms with Crippen LogP contribution in [0.3, 0.4) is 0 Å². The minimum Gasteiger partial charge on any atom is -0.394 e. The van der Waals surface area contributed by atoms with E-state index in [-0.39, 0.29) is 12.5 Å². The van der Waals surface area contributed by atoms with Crippen molar-refractivity contribution in [2.45, 2.75) is 25.8 Å². The number of hydrogen-bond donors (Lipinski definition) is 1. The maximum Gasteiger partial charge on any atom is 0.226 e. The second-order valence-corrected chi connectivity index (χ2v) is 3.42. The molecule has 1 N–H and O–H groups in total. The molecule has 0 radical (unpaired) electrons. The van der Waals surface area contributed by atoms with Crippen molar-refractivity contribution in [3.05, 3.63) is 12.7 Å². The highest BCUT2D eigenvalue weighted by Gasteiger charge is 2.25. The number of aliphatic hydroxyl groups excluding tert-OH is 1. The highest BCUT2D eigenvalue weighted by atomic mass is 16.3. The molecule has 0 spiro atoms. The zero-order valence-corrected chi connectivity index (χ0v) is 8.00. The number of nitrogens with zero attached hydrogens (tertiary/aromatic N) is 1. The first-order valence-corrected chi connectivity index (χ1v) is 3.94. The maximum absolute atomic E-state index is 11.3. The number of amides is 1. The molecule has 12 heavy (non-hydrogen) atoms. The van der Waals surface area contributed by atoms with Gasteiger partial charge in [0.1, 0.15) is 0 Å². The molecule has 0 aromatic heterocycles. The molecule has 0 saturated heterocycles. The summed E-state index contributed by atoms with van der Waals surface area (Å²) in [5.74, 6) is -0.0240. The van der Waals surface area contributed by atoms with Crippen LogP contribution in [0.25, 0.3) is 0 Å². The molecule has 0 unspecified atom stereocenters. The average Bonchev–Trinajstić information content (AvgIpc) is 2.03. The minimum absolute atomic E-state index is 0.0240. The van der Waals surface area contributed by atoms with Crippen LogP contribution in [-0.4, -0.2) is 35.1 Å². The van der Waals surface area contributed by atoms with Gasteiger partial charge in [-0.25, -0.2) is 0 Å². The van der Waals surface area contributed by atoms with E-state index >= 15 is 0 Å². The molecule has 1 amide bonds. The molecule has 3 nitrogen and oxygen atoms in total. The summed E-state index contributed by atoms with van der Waals surface area (Å²) in [5, 5.41) is 8.96. The van der Waals surface area contributed by atoms with Gasteiger partial charge in [0.15, 0.2) is 0 Å². The van der Waals surface area contributed by atoms with E-state index in [9.17, 15) is 4.79 Å². The summed E-state index contributed by atoms with van der Waals surface area (Å²) >= 11 is 0. The Hall–Kier alpha value is -0.830. The second-order valence-electron chi connectivity index (χ2n) is 3.42. The fraction of sp³-hybridized carbons (Fsp3) is 0.667. The van der Waals surface area contributed by atoms with Gasteiger partial charge in [0.2, 0.25) is 5.91 Å². The number of aliphatic hydroxyl groups is 1. The van der Waals surface area contributed by atoms with Crippen LogP contribution in [0.2, 0.25) is 0 Å². The van der Waals surface area contributed by atoms with Gasteiger partial charge in [-0.1, -0.05) is 6.08 Å². The Morgan fingerprint density at radius 2 is 2.17 bits per heavy atom. The van der Waals surface area contributed by atoms with Gasteiger partial charge in [-0.15, -0.1) is 6.58 Å². The van der Waals surface area contributed by atoms with E-state index in [0.29, 0.717) is 6.42 Å². The highest BCUT2D eigenvalue weighted by molar-refractivity contribution is 5.78. The summed E-state index contributed by atoms with van der Waals surface area (Å²) in [5.41, 5.74) is -0.486. The van der Waals surface area contributed by atoms with E-state index < -0.39 is 5.54 Å². The van der Waals surface area contributed by atoms with Crippen molar-refractivity contribution in [2.24, 2.45) is 0 Å². The zero-order chi connectivity index (χ0) is 9.78. The van der Waals surface area contributed by atoms with Gasteiger partial charge in [0.05, 0.1) is 12.1 Å². The second kappa shape index (κ2) is 4.26. The van der Waals surface area contributed by atoms with Gasteiger partial charge < -0.3 is 10.0 Å². The molecule has 0 fully saturated rings. The summed E-state index contributed by atoms with van der Waals surface area (Å²) in [7, 11) is 1.68. The maximum atomic E-state index is 11.3. The van der Waals surface area contributed by atoms with Crippen molar-refractivity contribution in [2.75, 3.05) is 13.7 Å². The van der Waals surface area contributed by atoms with E-state index in [1.165, 1.54) is 4.90 Å². The largest absolute Gasteiger partial charge is 0.394 e. The summed E-state index contributed by atoms with van der Waals surface area (Å²) in [6.07, 6.45) is 1.88. The molecule has 70 valence electrons. The molecular formula is C9H17NO2.